The molecule has 3 rings (SSSR count). The number of ether oxygens (including phenoxy) is 1. The van der Waals surface area contributed by atoms with E-state index in [0.717, 1.165) is 36.9 Å². The predicted octanol–water partition coefficient (Wildman–Crippen LogP) is 1.25. The maximum atomic E-state index is 12.4. The Kier molecular flexibility index (Phi) is 8.23. The molecule has 1 aromatic carbocycles. The third kappa shape index (κ3) is 5.62. The van der Waals surface area contributed by atoms with Crippen LogP contribution >= 0.6 is 35.6 Å². The first kappa shape index (κ1) is 21.0. The van der Waals surface area contributed by atoms with Crippen LogP contribution in [0.25, 0.3) is 0 Å². The van der Waals surface area contributed by atoms with Crippen LogP contribution in [0.3, 0.4) is 0 Å². The van der Waals surface area contributed by atoms with Gasteiger partial charge in [-0.05, 0) is 24.3 Å². The normalized spacial score (nSPS) is 18.5. The number of anilines is 1. The Morgan fingerprint density at radius 1 is 1.04 bits per heavy atom. The van der Waals surface area contributed by atoms with Gasteiger partial charge in [-0.25, -0.2) is 4.99 Å². The molecule has 144 valence electrons. The van der Waals surface area contributed by atoms with Crippen molar-refractivity contribution in [2.24, 2.45) is 10.7 Å². The van der Waals surface area contributed by atoms with Crippen molar-refractivity contribution in [3.63, 3.8) is 0 Å². The Hall–Kier alpha value is -1.26. The summed E-state index contributed by atoms with van der Waals surface area (Å²) in [5, 5.41) is 0.730. The number of rotatable bonds is 3. The van der Waals surface area contributed by atoms with Gasteiger partial charge in [-0.3, -0.25) is 4.79 Å². The minimum absolute atomic E-state index is 0. The van der Waals surface area contributed by atoms with E-state index in [1.54, 1.807) is 0 Å². The number of guanidine groups is 1. The molecule has 26 heavy (non-hydrogen) atoms. The van der Waals surface area contributed by atoms with Crippen LogP contribution in [0.5, 0.6) is 0 Å². The van der Waals surface area contributed by atoms with Gasteiger partial charge in [0.1, 0.15) is 6.54 Å². The van der Waals surface area contributed by atoms with Crippen molar-refractivity contribution in [2.45, 2.75) is 0 Å². The fourth-order valence-corrected chi connectivity index (χ4v) is 3.13. The highest BCUT2D eigenvalue weighted by Gasteiger charge is 2.21. The Morgan fingerprint density at radius 2 is 1.65 bits per heavy atom. The lowest BCUT2D eigenvalue weighted by atomic mass is 10.2. The SMILES string of the molecule is I.NC(=NCC(=O)N1CCN(c2ccc(Cl)cc2)CC1)N1CCOCC1. The number of piperazine rings is 1. The van der Waals surface area contributed by atoms with Crippen LogP contribution in [0.4, 0.5) is 5.69 Å². The molecular weight excluding hydrogens is 469 g/mol. The first-order valence-electron chi connectivity index (χ1n) is 8.54. The van der Waals surface area contributed by atoms with Gasteiger partial charge in [0.05, 0.1) is 13.2 Å². The van der Waals surface area contributed by atoms with Crippen LogP contribution < -0.4 is 10.6 Å². The standard InChI is InChI=1S/C17H24ClN5O2.HI/c18-14-1-3-15(4-2-14)21-5-7-22(8-6-21)16(24)13-20-17(19)23-9-11-25-12-10-23;/h1-4H,5-13H2,(H2,19,20);1H. The highest BCUT2D eigenvalue weighted by molar-refractivity contribution is 14.0. The Labute approximate surface area is 176 Å². The van der Waals surface area contributed by atoms with E-state index in [-0.39, 0.29) is 36.4 Å². The molecule has 1 amide bonds. The quantitative estimate of drug-likeness (QED) is 0.390. The lowest BCUT2D eigenvalue weighted by Gasteiger charge is -2.36. The van der Waals surface area contributed by atoms with Gasteiger partial charge in [0.25, 0.3) is 0 Å². The highest BCUT2D eigenvalue weighted by atomic mass is 127. The van der Waals surface area contributed by atoms with E-state index in [0.29, 0.717) is 32.3 Å². The average Bonchev–Trinajstić information content (AvgIpc) is 2.67. The van der Waals surface area contributed by atoms with Gasteiger partial charge >= 0.3 is 0 Å². The van der Waals surface area contributed by atoms with Crippen LogP contribution in [0, 0.1) is 0 Å². The third-order valence-electron chi connectivity index (χ3n) is 4.54. The number of nitrogens with zero attached hydrogens (tertiary/aromatic N) is 4. The van der Waals surface area contributed by atoms with Crippen molar-refractivity contribution < 1.29 is 9.53 Å². The summed E-state index contributed by atoms with van der Waals surface area (Å²) in [4.78, 5) is 22.7. The van der Waals surface area contributed by atoms with E-state index in [4.69, 9.17) is 22.1 Å². The summed E-state index contributed by atoms with van der Waals surface area (Å²) in [5.41, 5.74) is 7.10. The lowest BCUT2D eigenvalue weighted by Crippen LogP contribution is -2.50. The molecule has 0 aromatic heterocycles. The van der Waals surface area contributed by atoms with Crippen LogP contribution in [-0.4, -0.2) is 80.7 Å². The van der Waals surface area contributed by atoms with Gasteiger partial charge in [-0.1, -0.05) is 11.6 Å². The Balaban J connectivity index is 0.00000243. The maximum absolute atomic E-state index is 12.4. The largest absolute Gasteiger partial charge is 0.378 e. The first-order valence-corrected chi connectivity index (χ1v) is 8.92. The number of benzene rings is 1. The smallest absolute Gasteiger partial charge is 0.244 e. The van der Waals surface area contributed by atoms with Gasteiger partial charge in [0.15, 0.2) is 5.96 Å². The molecule has 9 heteroatoms. The van der Waals surface area contributed by atoms with Crippen molar-refractivity contribution in [2.75, 3.05) is 63.9 Å². The summed E-state index contributed by atoms with van der Waals surface area (Å²) in [6.07, 6.45) is 0. The number of nitrogens with two attached hydrogens (primary N) is 1. The minimum Gasteiger partial charge on any atom is -0.378 e. The number of morpholine rings is 1. The molecule has 0 saturated carbocycles. The summed E-state index contributed by atoms with van der Waals surface area (Å²) in [6, 6.07) is 7.79. The van der Waals surface area contributed by atoms with E-state index in [9.17, 15) is 4.79 Å². The summed E-state index contributed by atoms with van der Waals surface area (Å²) >= 11 is 5.93. The Bertz CT molecular complexity index is 614. The van der Waals surface area contributed by atoms with E-state index < -0.39 is 0 Å². The number of carbonyl (C=O) groups is 1. The van der Waals surface area contributed by atoms with E-state index in [1.165, 1.54) is 0 Å². The number of amides is 1. The summed E-state index contributed by atoms with van der Waals surface area (Å²) in [7, 11) is 0. The summed E-state index contributed by atoms with van der Waals surface area (Å²) < 4.78 is 5.28. The van der Waals surface area contributed by atoms with Crippen LogP contribution in [0.15, 0.2) is 29.3 Å². The molecule has 2 heterocycles. The third-order valence-corrected chi connectivity index (χ3v) is 4.79. The molecule has 0 aliphatic carbocycles. The lowest BCUT2D eigenvalue weighted by molar-refractivity contribution is -0.129. The van der Waals surface area contributed by atoms with E-state index >= 15 is 0 Å². The van der Waals surface area contributed by atoms with Crippen LogP contribution in [0.1, 0.15) is 0 Å². The summed E-state index contributed by atoms with van der Waals surface area (Å²) in [6.45, 7) is 5.83. The zero-order chi connectivity index (χ0) is 17.6. The molecule has 2 N–H and O–H groups in total. The molecule has 0 radical (unpaired) electrons. The zero-order valence-electron chi connectivity index (χ0n) is 14.6. The highest BCUT2D eigenvalue weighted by Crippen LogP contribution is 2.19. The second-order valence-corrected chi connectivity index (χ2v) is 6.55. The van der Waals surface area contributed by atoms with Crippen molar-refractivity contribution in [3.8, 4) is 0 Å². The molecular formula is C17H25ClIN5O2. The molecule has 0 atom stereocenters. The fraction of sp³-hybridized carbons (Fsp3) is 0.529. The fourth-order valence-electron chi connectivity index (χ4n) is 3.01. The van der Waals surface area contributed by atoms with Gasteiger partial charge in [0, 0.05) is 50.0 Å². The molecule has 0 spiro atoms. The van der Waals surface area contributed by atoms with Crippen molar-refractivity contribution >= 4 is 53.1 Å². The zero-order valence-corrected chi connectivity index (χ0v) is 17.7. The van der Waals surface area contributed by atoms with E-state index in [2.05, 4.69) is 9.89 Å². The average molecular weight is 494 g/mol. The number of aliphatic imine (C=N–C) groups is 1. The molecule has 2 fully saturated rings. The molecule has 2 aliphatic rings. The second kappa shape index (κ2) is 10.2. The number of halogens is 2. The number of hydrogen-bond donors (Lipinski definition) is 1. The molecule has 7 nitrogen and oxygen atoms in total. The maximum Gasteiger partial charge on any atom is 0.244 e. The topological polar surface area (TPSA) is 74.4 Å². The molecule has 2 aliphatic heterocycles. The minimum atomic E-state index is 0. The van der Waals surface area contributed by atoms with Gasteiger partial charge in [-0.15, -0.1) is 24.0 Å². The van der Waals surface area contributed by atoms with Gasteiger partial charge < -0.3 is 25.2 Å². The van der Waals surface area contributed by atoms with Gasteiger partial charge in [0.2, 0.25) is 5.91 Å². The van der Waals surface area contributed by atoms with Crippen molar-refractivity contribution in [1.82, 2.24) is 9.80 Å². The van der Waals surface area contributed by atoms with E-state index in [1.807, 2.05) is 34.1 Å². The number of hydrogen-bond acceptors (Lipinski definition) is 4. The van der Waals surface area contributed by atoms with Gasteiger partial charge in [-0.2, -0.15) is 0 Å². The Morgan fingerprint density at radius 3 is 2.27 bits per heavy atom. The number of carbonyl (C=O) groups excluding carboxylic acids is 1. The van der Waals surface area contributed by atoms with Crippen molar-refractivity contribution in [1.29, 1.82) is 0 Å². The second-order valence-electron chi connectivity index (χ2n) is 6.12. The molecule has 0 unspecified atom stereocenters. The monoisotopic (exact) mass is 493 g/mol. The summed E-state index contributed by atoms with van der Waals surface area (Å²) in [5.74, 6) is 0.448. The molecule has 1 aromatic rings. The molecule has 2 saturated heterocycles. The molecule has 0 bridgehead atoms. The van der Waals surface area contributed by atoms with Crippen LogP contribution in [-0.2, 0) is 9.53 Å². The van der Waals surface area contributed by atoms with Crippen molar-refractivity contribution in [3.05, 3.63) is 29.3 Å². The van der Waals surface area contributed by atoms with Crippen LogP contribution in [0.2, 0.25) is 5.02 Å². The first-order chi connectivity index (χ1) is 12.1. The predicted molar refractivity (Wildman–Crippen MR) is 115 cm³/mol.